The maximum absolute atomic E-state index is 12.9. The third-order valence-electron chi connectivity index (χ3n) is 4.17. The third kappa shape index (κ3) is 5.12. The normalized spacial score (nSPS) is 21.6. The summed E-state index contributed by atoms with van der Waals surface area (Å²) in [5.41, 5.74) is 5.91. The lowest BCUT2D eigenvalue weighted by Gasteiger charge is -2.38. The summed E-state index contributed by atoms with van der Waals surface area (Å²) in [6.07, 6.45) is -2.67. The minimum atomic E-state index is -4.36. The molecule has 2 N–H and O–H groups in total. The second-order valence-corrected chi connectivity index (χ2v) is 6.16. The molecular formula is C17H23F3N2O2. The van der Waals surface area contributed by atoms with Gasteiger partial charge in [0.2, 0.25) is 0 Å². The van der Waals surface area contributed by atoms with Crippen LogP contribution in [-0.4, -0.2) is 31.7 Å². The van der Waals surface area contributed by atoms with Gasteiger partial charge in [0, 0.05) is 31.2 Å². The summed E-state index contributed by atoms with van der Waals surface area (Å²) >= 11 is 0. The molecule has 134 valence electrons. The summed E-state index contributed by atoms with van der Waals surface area (Å²) in [6, 6.07) is 5.16. The van der Waals surface area contributed by atoms with Crippen LogP contribution in [0, 0.1) is 5.92 Å². The lowest BCUT2D eigenvalue weighted by molar-refractivity contribution is -0.143. The molecule has 0 bridgehead atoms. The van der Waals surface area contributed by atoms with Crippen LogP contribution in [0.25, 0.3) is 0 Å². The van der Waals surface area contributed by atoms with Crippen LogP contribution in [0.3, 0.4) is 0 Å². The van der Waals surface area contributed by atoms with E-state index in [4.69, 9.17) is 10.5 Å². The van der Waals surface area contributed by atoms with E-state index in [9.17, 15) is 18.0 Å². The molecule has 1 aromatic rings. The van der Waals surface area contributed by atoms with E-state index in [0.717, 1.165) is 18.6 Å². The minimum absolute atomic E-state index is 0.125. The summed E-state index contributed by atoms with van der Waals surface area (Å²) in [7, 11) is 0. The Morgan fingerprint density at radius 2 is 2.12 bits per heavy atom. The number of piperidine rings is 1. The van der Waals surface area contributed by atoms with Crippen LogP contribution < -0.4 is 10.6 Å². The molecule has 0 aromatic heterocycles. The number of carbonyl (C=O) groups excluding carboxylic acids is 1. The van der Waals surface area contributed by atoms with Crippen LogP contribution in [0.4, 0.5) is 18.9 Å². The quantitative estimate of drug-likeness (QED) is 0.834. The van der Waals surface area contributed by atoms with Gasteiger partial charge in [0.05, 0.1) is 12.2 Å². The van der Waals surface area contributed by atoms with Gasteiger partial charge in [-0.1, -0.05) is 6.07 Å². The maximum Gasteiger partial charge on any atom is 0.416 e. The molecule has 1 saturated heterocycles. The average molecular weight is 344 g/mol. The predicted molar refractivity (Wildman–Crippen MR) is 85.6 cm³/mol. The van der Waals surface area contributed by atoms with Crippen molar-refractivity contribution in [3.05, 3.63) is 29.8 Å². The Labute approximate surface area is 139 Å². The zero-order valence-electron chi connectivity index (χ0n) is 13.7. The highest BCUT2D eigenvalue weighted by Crippen LogP contribution is 2.33. The van der Waals surface area contributed by atoms with Gasteiger partial charge < -0.3 is 15.4 Å². The van der Waals surface area contributed by atoms with Gasteiger partial charge in [0.1, 0.15) is 0 Å². The summed E-state index contributed by atoms with van der Waals surface area (Å²) < 4.78 is 43.5. The van der Waals surface area contributed by atoms with Crippen LogP contribution in [0.5, 0.6) is 0 Å². The Balaban J connectivity index is 2.04. The van der Waals surface area contributed by atoms with E-state index in [1.54, 1.807) is 13.0 Å². The minimum Gasteiger partial charge on any atom is -0.466 e. The molecule has 4 nitrogen and oxygen atoms in total. The molecule has 1 aliphatic rings. The number of esters is 1. The van der Waals surface area contributed by atoms with Gasteiger partial charge in [-0.25, -0.2) is 0 Å². The largest absolute Gasteiger partial charge is 0.466 e. The monoisotopic (exact) mass is 344 g/mol. The van der Waals surface area contributed by atoms with Crippen LogP contribution >= 0.6 is 0 Å². The summed E-state index contributed by atoms with van der Waals surface area (Å²) in [5.74, 6) is -0.0880. The molecule has 2 rings (SSSR count). The van der Waals surface area contributed by atoms with Crippen molar-refractivity contribution in [2.75, 3.05) is 24.6 Å². The Bertz CT molecular complexity index is 563. The molecule has 1 aliphatic heterocycles. The van der Waals surface area contributed by atoms with Crippen molar-refractivity contribution < 1.29 is 22.7 Å². The maximum atomic E-state index is 12.9. The number of anilines is 1. The Morgan fingerprint density at radius 1 is 1.38 bits per heavy atom. The van der Waals surface area contributed by atoms with E-state index >= 15 is 0 Å². The van der Waals surface area contributed by atoms with Crippen molar-refractivity contribution in [3.8, 4) is 0 Å². The molecule has 1 heterocycles. The number of nitrogens with zero attached hydrogens (tertiary/aromatic N) is 1. The Morgan fingerprint density at radius 3 is 2.79 bits per heavy atom. The van der Waals surface area contributed by atoms with Gasteiger partial charge in [-0.2, -0.15) is 13.2 Å². The van der Waals surface area contributed by atoms with E-state index in [-0.39, 0.29) is 17.9 Å². The fourth-order valence-electron chi connectivity index (χ4n) is 3.10. The highest BCUT2D eigenvalue weighted by molar-refractivity contribution is 5.69. The van der Waals surface area contributed by atoms with Crippen molar-refractivity contribution in [1.82, 2.24) is 0 Å². The van der Waals surface area contributed by atoms with E-state index in [1.165, 1.54) is 6.07 Å². The first kappa shape index (κ1) is 18.6. The van der Waals surface area contributed by atoms with Crippen LogP contribution in [-0.2, 0) is 15.7 Å². The van der Waals surface area contributed by atoms with Gasteiger partial charge in [-0.3, -0.25) is 4.79 Å². The van der Waals surface area contributed by atoms with Crippen molar-refractivity contribution in [1.29, 1.82) is 0 Å². The highest BCUT2D eigenvalue weighted by Gasteiger charge is 2.32. The molecule has 2 atom stereocenters. The molecular weight excluding hydrogens is 321 g/mol. The van der Waals surface area contributed by atoms with Crippen molar-refractivity contribution >= 4 is 11.7 Å². The number of nitrogens with two attached hydrogens (primary N) is 1. The first-order valence-corrected chi connectivity index (χ1v) is 8.13. The first-order chi connectivity index (χ1) is 11.3. The molecule has 0 saturated carbocycles. The number of benzene rings is 1. The Hall–Kier alpha value is -1.76. The topological polar surface area (TPSA) is 55.6 Å². The number of ether oxygens (including phenoxy) is 1. The standard InChI is InChI=1S/C17H23F3N2O2/c1-2-24-16(23)7-6-12-8-14(21)11-22(10-12)15-5-3-4-13(9-15)17(18,19)20/h3-5,9,12,14H,2,6-8,10-11,21H2,1H3. The zero-order valence-corrected chi connectivity index (χ0v) is 13.7. The number of alkyl halides is 3. The van der Waals surface area contributed by atoms with E-state index in [1.807, 2.05) is 4.90 Å². The molecule has 0 amide bonds. The first-order valence-electron chi connectivity index (χ1n) is 8.13. The van der Waals surface area contributed by atoms with Gasteiger partial charge >= 0.3 is 12.1 Å². The highest BCUT2D eigenvalue weighted by atomic mass is 19.4. The number of halogens is 3. The number of rotatable bonds is 5. The molecule has 7 heteroatoms. The second kappa shape index (κ2) is 7.88. The van der Waals surface area contributed by atoms with Crippen LogP contribution in [0.2, 0.25) is 0 Å². The smallest absolute Gasteiger partial charge is 0.416 e. The second-order valence-electron chi connectivity index (χ2n) is 6.16. The van der Waals surface area contributed by atoms with Crippen LogP contribution in [0.15, 0.2) is 24.3 Å². The van der Waals surface area contributed by atoms with Gasteiger partial charge in [0.25, 0.3) is 0 Å². The van der Waals surface area contributed by atoms with E-state index < -0.39 is 11.7 Å². The van der Waals surface area contributed by atoms with Crippen molar-refractivity contribution in [2.24, 2.45) is 11.7 Å². The van der Waals surface area contributed by atoms with Crippen molar-refractivity contribution in [3.63, 3.8) is 0 Å². The lowest BCUT2D eigenvalue weighted by atomic mass is 9.90. The summed E-state index contributed by atoms with van der Waals surface area (Å²) in [4.78, 5) is 13.4. The predicted octanol–water partition coefficient (Wildman–Crippen LogP) is 3.20. The average Bonchev–Trinajstić information content (AvgIpc) is 2.52. The SMILES string of the molecule is CCOC(=O)CCC1CC(N)CN(c2cccc(C(F)(F)F)c2)C1. The van der Waals surface area contributed by atoms with E-state index in [0.29, 0.717) is 38.2 Å². The van der Waals surface area contributed by atoms with Crippen molar-refractivity contribution in [2.45, 2.75) is 38.4 Å². The molecule has 0 radical (unpaired) electrons. The van der Waals surface area contributed by atoms with Crippen LogP contribution in [0.1, 0.15) is 31.7 Å². The third-order valence-corrected chi connectivity index (χ3v) is 4.17. The number of hydrogen-bond donors (Lipinski definition) is 1. The number of carbonyl (C=O) groups is 1. The molecule has 2 unspecified atom stereocenters. The zero-order chi connectivity index (χ0) is 17.7. The molecule has 1 aromatic carbocycles. The molecule has 24 heavy (non-hydrogen) atoms. The number of hydrogen-bond acceptors (Lipinski definition) is 4. The fourth-order valence-corrected chi connectivity index (χ4v) is 3.10. The fraction of sp³-hybridized carbons (Fsp3) is 0.588. The lowest BCUT2D eigenvalue weighted by Crippen LogP contribution is -2.47. The molecule has 0 aliphatic carbocycles. The van der Waals surface area contributed by atoms with E-state index in [2.05, 4.69) is 0 Å². The summed E-state index contributed by atoms with van der Waals surface area (Å²) in [6.45, 7) is 3.20. The van der Waals surface area contributed by atoms with Gasteiger partial charge in [-0.15, -0.1) is 0 Å². The molecule has 1 fully saturated rings. The van der Waals surface area contributed by atoms with Gasteiger partial charge in [0.15, 0.2) is 0 Å². The molecule has 0 spiro atoms. The summed E-state index contributed by atoms with van der Waals surface area (Å²) in [5, 5.41) is 0. The van der Waals surface area contributed by atoms with Gasteiger partial charge in [-0.05, 0) is 43.9 Å². The Kier molecular flexibility index (Phi) is 6.10.